The summed E-state index contributed by atoms with van der Waals surface area (Å²) in [6.45, 7) is 1.85. The summed E-state index contributed by atoms with van der Waals surface area (Å²) >= 11 is 1.70. The molecule has 1 unspecified atom stereocenters. The van der Waals surface area contributed by atoms with E-state index >= 15 is 0 Å². The first-order valence-electron chi connectivity index (χ1n) is 4.74. The molecule has 0 amide bonds. The van der Waals surface area contributed by atoms with Gasteiger partial charge in [-0.25, -0.2) is 4.79 Å². The molecule has 0 aromatic heterocycles. The summed E-state index contributed by atoms with van der Waals surface area (Å²) in [7, 11) is 0. The average Bonchev–Trinajstić information content (AvgIpc) is 2.15. The fraction of sp³-hybridized carbons (Fsp3) is 0.875. The molecule has 2 atom stereocenters. The van der Waals surface area contributed by atoms with Crippen molar-refractivity contribution in [1.82, 2.24) is 5.32 Å². The van der Waals surface area contributed by atoms with Crippen molar-refractivity contribution in [2.45, 2.75) is 31.4 Å². The van der Waals surface area contributed by atoms with Gasteiger partial charge in [-0.15, -0.1) is 0 Å². The molecule has 11 heteroatoms. The number of aliphatic carboxylic acids is 1. The summed E-state index contributed by atoms with van der Waals surface area (Å²) in [6.07, 6.45) is -9.25. The molecule has 0 saturated carbocycles. The number of rotatable bonds is 4. The Hall–Kier alpha value is -0.300. The minimum absolute atomic E-state index is 0.00792. The van der Waals surface area contributed by atoms with Crippen LogP contribution in [0.25, 0.3) is 0 Å². The molecule has 0 bridgehead atoms. The number of hydrogen-bond acceptors (Lipinski definition) is 3. The second-order valence-corrected chi connectivity index (χ2v) is 4.32. The maximum Gasteiger partial charge on any atom is 0.490 e. The molecular formula is C8H13F6IN2O2. The van der Waals surface area contributed by atoms with E-state index in [4.69, 9.17) is 15.6 Å². The molecule has 0 heterocycles. The van der Waals surface area contributed by atoms with Gasteiger partial charge in [0.05, 0.1) is 0 Å². The highest BCUT2D eigenvalue weighted by molar-refractivity contribution is 14.1. The number of halogens is 7. The molecule has 0 fully saturated rings. The lowest BCUT2D eigenvalue weighted by Gasteiger charge is -2.20. The van der Waals surface area contributed by atoms with Gasteiger partial charge in [0.1, 0.15) is 6.04 Å². The lowest BCUT2D eigenvalue weighted by atomic mass is 10.3. The Morgan fingerprint density at radius 2 is 1.68 bits per heavy atom. The fourth-order valence-electron chi connectivity index (χ4n) is 0.586. The van der Waals surface area contributed by atoms with E-state index in [0.717, 1.165) is 0 Å². The Bertz CT molecular complexity index is 269. The van der Waals surface area contributed by atoms with Gasteiger partial charge in [-0.05, 0) is 6.92 Å². The minimum Gasteiger partial charge on any atom is -0.475 e. The lowest BCUT2D eigenvalue weighted by molar-refractivity contribution is -0.192. The topological polar surface area (TPSA) is 75.3 Å². The van der Waals surface area contributed by atoms with E-state index in [2.05, 4.69) is 5.32 Å². The molecule has 0 aliphatic heterocycles. The molecule has 116 valence electrons. The van der Waals surface area contributed by atoms with Crippen molar-refractivity contribution in [3.8, 4) is 0 Å². The monoisotopic (exact) mass is 410 g/mol. The highest BCUT2D eigenvalue weighted by atomic mass is 127. The Kier molecular flexibility index (Phi) is 9.72. The van der Waals surface area contributed by atoms with Crippen molar-refractivity contribution < 1.29 is 36.2 Å². The minimum atomic E-state index is -5.08. The van der Waals surface area contributed by atoms with Gasteiger partial charge in [-0.3, -0.25) is 0 Å². The van der Waals surface area contributed by atoms with Gasteiger partial charge in [0, 0.05) is 17.0 Å². The number of carbonyl (C=O) groups is 1. The molecule has 0 radical (unpaired) electrons. The van der Waals surface area contributed by atoms with Gasteiger partial charge < -0.3 is 16.2 Å². The van der Waals surface area contributed by atoms with Crippen molar-refractivity contribution in [3.05, 3.63) is 0 Å². The summed E-state index contributed by atoms with van der Waals surface area (Å²) in [5.41, 5.74) is 5.31. The maximum absolute atomic E-state index is 12.1. The van der Waals surface area contributed by atoms with Crippen LogP contribution in [-0.4, -0.2) is 46.5 Å². The van der Waals surface area contributed by atoms with Crippen molar-refractivity contribution in [2.24, 2.45) is 5.73 Å². The first-order valence-corrected chi connectivity index (χ1v) is 6.26. The molecular weight excluding hydrogens is 397 g/mol. The average molecular weight is 410 g/mol. The molecule has 0 aliphatic carbocycles. The smallest absolute Gasteiger partial charge is 0.475 e. The summed E-state index contributed by atoms with van der Waals surface area (Å²) in [6, 6.07) is -1.69. The van der Waals surface area contributed by atoms with E-state index in [1.807, 2.05) is 0 Å². The van der Waals surface area contributed by atoms with Gasteiger partial charge in [0.25, 0.3) is 0 Å². The highest BCUT2D eigenvalue weighted by Crippen LogP contribution is 2.21. The Morgan fingerprint density at radius 3 is 1.84 bits per heavy atom. The van der Waals surface area contributed by atoms with Crippen LogP contribution in [0.5, 0.6) is 0 Å². The van der Waals surface area contributed by atoms with Crippen LogP contribution < -0.4 is 11.1 Å². The van der Waals surface area contributed by atoms with Gasteiger partial charge in [0.15, 0.2) is 0 Å². The third-order valence-corrected chi connectivity index (χ3v) is 2.36. The van der Waals surface area contributed by atoms with Crippen LogP contribution >= 0.6 is 22.6 Å². The summed E-state index contributed by atoms with van der Waals surface area (Å²) in [4.78, 5) is 8.90. The SMILES string of the molecule is C[C@H](N)CNC(CI)C(F)(F)F.O=C(O)C(F)(F)F. The number of hydrogen-bond donors (Lipinski definition) is 3. The molecule has 0 saturated heterocycles. The normalized spacial score (nSPS) is 15.2. The molecule has 19 heavy (non-hydrogen) atoms. The van der Waals surface area contributed by atoms with Gasteiger partial charge in [-0.2, -0.15) is 26.3 Å². The molecule has 0 aromatic carbocycles. The molecule has 0 aliphatic rings. The molecule has 0 aromatic rings. The Balaban J connectivity index is 0. The highest BCUT2D eigenvalue weighted by Gasteiger charge is 2.38. The van der Waals surface area contributed by atoms with E-state index in [9.17, 15) is 26.3 Å². The van der Waals surface area contributed by atoms with Crippen LogP contribution in [0.15, 0.2) is 0 Å². The third-order valence-electron chi connectivity index (χ3n) is 1.48. The van der Waals surface area contributed by atoms with Crippen LogP contribution in [0.2, 0.25) is 0 Å². The van der Waals surface area contributed by atoms with Gasteiger partial charge in [-0.1, -0.05) is 22.6 Å². The zero-order valence-electron chi connectivity index (χ0n) is 9.65. The van der Waals surface area contributed by atoms with Crippen molar-refractivity contribution in [3.63, 3.8) is 0 Å². The Morgan fingerprint density at radius 1 is 1.32 bits per heavy atom. The summed E-state index contributed by atoms with van der Waals surface area (Å²) < 4.78 is 67.9. The molecule has 4 nitrogen and oxygen atoms in total. The van der Waals surface area contributed by atoms with E-state index in [0.29, 0.717) is 0 Å². The van der Waals surface area contributed by atoms with Crippen LogP contribution in [0.4, 0.5) is 26.3 Å². The lowest BCUT2D eigenvalue weighted by Crippen LogP contribution is -2.47. The van der Waals surface area contributed by atoms with E-state index in [-0.39, 0.29) is 17.0 Å². The fourth-order valence-corrected chi connectivity index (χ4v) is 1.40. The summed E-state index contributed by atoms with van der Waals surface area (Å²) in [5, 5.41) is 9.48. The molecule has 0 spiro atoms. The molecule has 4 N–H and O–H groups in total. The number of carboxylic acid groups (broad SMARTS) is 1. The zero-order chi connectivity index (χ0) is 15.9. The third kappa shape index (κ3) is 12.5. The zero-order valence-corrected chi connectivity index (χ0v) is 11.8. The van der Waals surface area contributed by atoms with E-state index in [1.165, 1.54) is 0 Å². The summed E-state index contributed by atoms with van der Waals surface area (Å²) in [5.74, 6) is -2.76. The Labute approximate surface area is 118 Å². The number of nitrogens with two attached hydrogens (primary N) is 1. The van der Waals surface area contributed by atoms with E-state index in [1.54, 1.807) is 29.5 Å². The van der Waals surface area contributed by atoms with Crippen LogP contribution in [0.1, 0.15) is 6.92 Å². The second-order valence-electron chi connectivity index (χ2n) is 3.44. The number of alkyl halides is 7. The quantitative estimate of drug-likeness (QED) is 0.376. The first-order chi connectivity index (χ1) is 8.32. The van der Waals surface area contributed by atoms with Crippen LogP contribution in [0, 0.1) is 0 Å². The number of nitrogens with one attached hydrogen (secondary N) is 1. The predicted molar refractivity (Wildman–Crippen MR) is 64.1 cm³/mol. The van der Waals surface area contributed by atoms with Gasteiger partial charge in [0.2, 0.25) is 0 Å². The number of carboxylic acids is 1. The first kappa shape index (κ1) is 21.0. The predicted octanol–water partition coefficient (Wildman–Crippen LogP) is 1.92. The van der Waals surface area contributed by atoms with Crippen LogP contribution in [0.3, 0.4) is 0 Å². The largest absolute Gasteiger partial charge is 0.490 e. The standard InChI is InChI=1S/C6H12F3IN2.C2HF3O2/c1-4(11)3-12-5(2-10)6(7,8)9;3-2(4,5)1(6)7/h4-5,12H,2-3,11H2,1H3;(H,6,7)/t4-,5?;/m0./s1. The van der Waals surface area contributed by atoms with Crippen molar-refractivity contribution in [1.29, 1.82) is 0 Å². The second kappa shape index (κ2) is 8.79. The van der Waals surface area contributed by atoms with Crippen LogP contribution in [-0.2, 0) is 4.79 Å². The molecule has 0 rings (SSSR count). The van der Waals surface area contributed by atoms with Gasteiger partial charge >= 0.3 is 18.3 Å². The maximum atomic E-state index is 12.1. The van der Waals surface area contributed by atoms with Crippen molar-refractivity contribution >= 4 is 28.6 Å². The van der Waals surface area contributed by atoms with Crippen molar-refractivity contribution in [2.75, 3.05) is 11.0 Å². The van der Waals surface area contributed by atoms with E-state index < -0.39 is 24.4 Å².